The predicted octanol–water partition coefficient (Wildman–Crippen LogP) is 3.90. The number of benzene rings is 1. The number of carbonyl (C=O) groups is 2. The normalized spacial score (nSPS) is 33.0. The number of carbonyl (C=O) groups excluding carboxylic acids is 2. The number of hydrogen-bond donors (Lipinski definition) is 0. The lowest BCUT2D eigenvalue weighted by Crippen LogP contribution is -2.73. The van der Waals surface area contributed by atoms with Gasteiger partial charge in [-0.2, -0.15) is 5.26 Å². The Balaban J connectivity index is 1.84. The molecule has 1 aromatic rings. The SMILES string of the molecule is C=CCOc1ccc([C@@H]2N3C(=O)[C@]4(C)SS[C@@]3(C[C@]2(C)C#N)C(=O)N4C)cc1OCC=C. The van der Waals surface area contributed by atoms with Gasteiger partial charge in [-0.3, -0.25) is 9.59 Å². The van der Waals surface area contributed by atoms with E-state index in [2.05, 4.69) is 19.2 Å². The minimum Gasteiger partial charge on any atom is -0.486 e. The van der Waals surface area contributed by atoms with Gasteiger partial charge in [-0.15, -0.1) is 0 Å². The number of ether oxygens (including phenoxy) is 2. The highest BCUT2D eigenvalue weighted by Crippen LogP contribution is 2.69. The fourth-order valence-corrected chi connectivity index (χ4v) is 8.23. The van der Waals surface area contributed by atoms with Gasteiger partial charge in [-0.1, -0.05) is 53.0 Å². The van der Waals surface area contributed by atoms with Crippen molar-refractivity contribution in [2.45, 2.75) is 36.1 Å². The quantitative estimate of drug-likeness (QED) is 0.441. The molecule has 2 amide bonds. The summed E-state index contributed by atoms with van der Waals surface area (Å²) >= 11 is 0. The van der Waals surface area contributed by atoms with Crippen molar-refractivity contribution in [3.05, 3.63) is 49.1 Å². The second kappa shape index (κ2) is 7.78. The molecule has 0 unspecified atom stereocenters. The van der Waals surface area contributed by atoms with Crippen LogP contribution in [-0.4, -0.2) is 51.6 Å². The van der Waals surface area contributed by atoms with Gasteiger partial charge in [0, 0.05) is 13.5 Å². The number of piperazine rings is 1. The molecular formula is C23H25N3O4S2. The topological polar surface area (TPSA) is 82.9 Å². The summed E-state index contributed by atoms with van der Waals surface area (Å²) in [5.74, 6) is 0.715. The lowest BCUT2D eigenvalue weighted by molar-refractivity contribution is -0.164. The number of amides is 2. The lowest BCUT2D eigenvalue weighted by atomic mass is 9.79. The van der Waals surface area contributed by atoms with Crippen molar-refractivity contribution in [3.63, 3.8) is 0 Å². The van der Waals surface area contributed by atoms with Crippen LogP contribution in [0.4, 0.5) is 0 Å². The first-order chi connectivity index (χ1) is 15.2. The number of nitrogens with zero attached hydrogens (tertiary/aromatic N) is 3. The van der Waals surface area contributed by atoms with Crippen LogP contribution >= 0.6 is 21.6 Å². The van der Waals surface area contributed by atoms with E-state index in [0.29, 0.717) is 18.1 Å². The third kappa shape index (κ3) is 2.96. The molecule has 4 aliphatic rings. The second-order valence-electron chi connectivity index (χ2n) is 8.49. The first-order valence-electron chi connectivity index (χ1n) is 10.2. The van der Waals surface area contributed by atoms with Crippen LogP contribution < -0.4 is 9.47 Å². The summed E-state index contributed by atoms with van der Waals surface area (Å²) in [5, 5.41) is 10.2. The van der Waals surface area contributed by atoms with Gasteiger partial charge in [0.2, 0.25) is 0 Å². The summed E-state index contributed by atoms with van der Waals surface area (Å²) in [4.78, 5) is 28.2. The highest BCUT2D eigenvalue weighted by atomic mass is 33.1. The molecule has 1 aromatic carbocycles. The Bertz CT molecular complexity index is 1060. The van der Waals surface area contributed by atoms with Crippen molar-refractivity contribution in [2.75, 3.05) is 20.3 Å². The van der Waals surface area contributed by atoms with E-state index < -0.39 is 21.2 Å². The summed E-state index contributed by atoms with van der Waals surface area (Å²) in [7, 11) is 4.45. The van der Waals surface area contributed by atoms with Crippen molar-refractivity contribution < 1.29 is 19.1 Å². The predicted molar refractivity (Wildman–Crippen MR) is 125 cm³/mol. The van der Waals surface area contributed by atoms with Gasteiger partial charge < -0.3 is 19.3 Å². The smallest absolute Gasteiger partial charge is 0.261 e. The molecule has 7 nitrogen and oxygen atoms in total. The Morgan fingerprint density at radius 2 is 1.81 bits per heavy atom. The Morgan fingerprint density at radius 1 is 1.16 bits per heavy atom. The van der Waals surface area contributed by atoms with Crippen molar-refractivity contribution in [1.82, 2.24) is 9.80 Å². The van der Waals surface area contributed by atoms with Gasteiger partial charge in [0.15, 0.2) is 21.2 Å². The largest absolute Gasteiger partial charge is 0.486 e. The molecule has 1 spiro atoms. The van der Waals surface area contributed by atoms with Crippen LogP contribution in [-0.2, 0) is 9.59 Å². The van der Waals surface area contributed by atoms with Gasteiger partial charge in [0.25, 0.3) is 11.8 Å². The average molecular weight is 472 g/mol. The zero-order valence-electron chi connectivity index (χ0n) is 18.3. The number of fused-ring (bicyclic) bond motifs is 2. The molecule has 5 rings (SSSR count). The standard InChI is InChI=1S/C23H25N3O4S2/c1-6-10-29-16-9-8-15(12-17(16)30-11-7-2)18-21(3,14-24)13-23-20(28)25(5)22(4,31-32-23)19(27)26(18)23/h6-9,12,18H,1-2,10-11,13H2,3-5H3/t18-,21+,22-,23-/m0/s1. The molecular weight excluding hydrogens is 446 g/mol. The van der Waals surface area contributed by atoms with E-state index in [1.807, 2.05) is 13.0 Å². The Hall–Kier alpha value is -2.57. The molecule has 0 aliphatic carbocycles. The number of nitriles is 1. The van der Waals surface area contributed by atoms with Crippen LogP contribution in [0.25, 0.3) is 0 Å². The van der Waals surface area contributed by atoms with Crippen LogP contribution in [0.1, 0.15) is 31.9 Å². The van der Waals surface area contributed by atoms with Gasteiger partial charge in [0.05, 0.1) is 17.5 Å². The molecule has 32 heavy (non-hydrogen) atoms. The second-order valence-corrected chi connectivity index (χ2v) is 11.3. The molecule has 4 aliphatic heterocycles. The molecule has 0 radical (unpaired) electrons. The summed E-state index contributed by atoms with van der Waals surface area (Å²) in [6, 6.07) is 7.21. The van der Waals surface area contributed by atoms with Gasteiger partial charge in [0.1, 0.15) is 13.2 Å². The third-order valence-corrected chi connectivity index (χ3v) is 10.0. The Labute approximate surface area is 195 Å². The maximum Gasteiger partial charge on any atom is 0.261 e. The van der Waals surface area contributed by atoms with E-state index >= 15 is 0 Å². The van der Waals surface area contributed by atoms with Crippen LogP contribution in [0.5, 0.6) is 11.5 Å². The van der Waals surface area contributed by atoms with Crippen LogP contribution in [0.2, 0.25) is 0 Å². The summed E-state index contributed by atoms with van der Waals surface area (Å²) < 4.78 is 11.5. The summed E-state index contributed by atoms with van der Waals surface area (Å²) in [6.45, 7) is 11.5. The monoisotopic (exact) mass is 471 g/mol. The maximum absolute atomic E-state index is 13.7. The van der Waals surface area contributed by atoms with E-state index in [0.717, 1.165) is 5.56 Å². The molecule has 0 saturated carbocycles. The highest BCUT2D eigenvalue weighted by molar-refractivity contribution is 8.78. The number of hydrogen-bond acceptors (Lipinski definition) is 7. The van der Waals surface area contributed by atoms with Crippen molar-refractivity contribution in [2.24, 2.45) is 5.41 Å². The Morgan fingerprint density at radius 3 is 2.44 bits per heavy atom. The van der Waals surface area contributed by atoms with E-state index in [4.69, 9.17) is 9.47 Å². The summed E-state index contributed by atoms with van der Waals surface area (Å²) in [5.41, 5.74) is -0.240. The van der Waals surface area contributed by atoms with Crippen LogP contribution in [0.15, 0.2) is 43.5 Å². The van der Waals surface area contributed by atoms with E-state index in [9.17, 15) is 14.9 Å². The molecule has 0 N–H and O–H groups in total. The zero-order chi connectivity index (χ0) is 23.3. The molecule has 4 atom stereocenters. The van der Waals surface area contributed by atoms with Crippen molar-refractivity contribution in [3.8, 4) is 17.6 Å². The minimum absolute atomic E-state index is 0.138. The first-order valence-corrected chi connectivity index (χ1v) is 12.3. The Kier molecular flexibility index (Phi) is 5.50. The molecule has 9 heteroatoms. The van der Waals surface area contributed by atoms with E-state index in [1.54, 1.807) is 43.2 Å². The van der Waals surface area contributed by atoms with Crippen molar-refractivity contribution in [1.29, 1.82) is 5.26 Å². The third-order valence-electron chi connectivity index (χ3n) is 6.35. The fraction of sp³-hybridized carbons (Fsp3) is 0.435. The van der Waals surface area contributed by atoms with Crippen molar-refractivity contribution >= 4 is 33.4 Å². The van der Waals surface area contributed by atoms with E-state index in [1.165, 1.54) is 26.5 Å². The first kappa shape index (κ1) is 22.6. The molecule has 2 bridgehead atoms. The molecule has 168 valence electrons. The van der Waals surface area contributed by atoms with E-state index in [-0.39, 0.29) is 24.8 Å². The molecule has 4 saturated heterocycles. The maximum atomic E-state index is 13.7. The molecule has 0 aromatic heterocycles. The minimum atomic E-state index is -1.11. The highest BCUT2D eigenvalue weighted by Gasteiger charge is 2.74. The van der Waals surface area contributed by atoms with Gasteiger partial charge in [-0.25, -0.2) is 0 Å². The fourth-order valence-electron chi connectivity index (χ4n) is 4.64. The number of likely N-dealkylation sites (N-methyl/N-ethyl adjacent to an activating group) is 1. The summed E-state index contributed by atoms with van der Waals surface area (Å²) in [6.07, 6.45) is 3.52. The lowest BCUT2D eigenvalue weighted by Gasteiger charge is -2.57. The molecule has 4 heterocycles. The van der Waals surface area contributed by atoms with Gasteiger partial charge in [-0.05, 0) is 31.5 Å². The average Bonchev–Trinajstić information content (AvgIpc) is 3.07. The van der Waals surface area contributed by atoms with Crippen LogP contribution in [0.3, 0.4) is 0 Å². The van der Waals surface area contributed by atoms with Gasteiger partial charge >= 0.3 is 0 Å². The zero-order valence-corrected chi connectivity index (χ0v) is 19.9. The number of rotatable bonds is 7. The molecule has 4 fully saturated rings. The van der Waals surface area contributed by atoms with Crippen LogP contribution in [0, 0.1) is 16.7 Å².